The highest BCUT2D eigenvalue weighted by molar-refractivity contribution is 5.75. The van der Waals surface area contributed by atoms with Crippen LogP contribution in [-0.4, -0.2) is 53.1 Å². The highest BCUT2D eigenvalue weighted by Crippen LogP contribution is 2.22. The average molecular weight is 252 g/mol. The average Bonchev–Trinajstić information content (AvgIpc) is 2.85. The third-order valence-corrected chi connectivity index (χ3v) is 3.65. The molecule has 2 aliphatic rings. The molecule has 2 heterocycles. The Kier molecular flexibility index (Phi) is 4.23. The van der Waals surface area contributed by atoms with Gasteiger partial charge in [0.2, 0.25) is 0 Å². The van der Waals surface area contributed by atoms with E-state index in [1.54, 1.807) is 0 Å². The van der Waals surface area contributed by atoms with E-state index in [9.17, 15) is 9.59 Å². The van der Waals surface area contributed by atoms with Gasteiger partial charge in [-0.25, -0.2) is 4.79 Å². The minimum Gasteiger partial charge on any atom is -0.481 e. The maximum atomic E-state index is 12.2. The molecule has 18 heavy (non-hydrogen) atoms. The molecule has 1 saturated heterocycles. The molecule has 5 nitrogen and oxygen atoms in total. The van der Waals surface area contributed by atoms with Crippen molar-refractivity contribution in [3.05, 3.63) is 12.2 Å². The third-order valence-electron chi connectivity index (χ3n) is 3.65. The van der Waals surface area contributed by atoms with Crippen molar-refractivity contribution in [3.8, 4) is 0 Å². The summed E-state index contributed by atoms with van der Waals surface area (Å²) in [5.74, 6) is -0.397. The van der Waals surface area contributed by atoms with E-state index in [-0.39, 0.29) is 12.5 Å². The van der Waals surface area contributed by atoms with Gasteiger partial charge in [0.05, 0.1) is 0 Å². The van der Waals surface area contributed by atoms with Gasteiger partial charge in [-0.15, -0.1) is 0 Å². The SMILES string of the molecule is O=C(O)CCC1CCN(C(=O)N2CC=CCC2)C1. The molecule has 2 amide bonds. The molecule has 0 saturated carbocycles. The number of likely N-dealkylation sites (tertiary alicyclic amines) is 1. The van der Waals surface area contributed by atoms with Gasteiger partial charge in [-0.3, -0.25) is 4.79 Å². The number of rotatable bonds is 3. The monoisotopic (exact) mass is 252 g/mol. The first-order valence-corrected chi connectivity index (χ1v) is 6.57. The first-order valence-electron chi connectivity index (χ1n) is 6.57. The third kappa shape index (κ3) is 3.24. The van der Waals surface area contributed by atoms with Crippen molar-refractivity contribution in [1.82, 2.24) is 9.80 Å². The van der Waals surface area contributed by atoms with Gasteiger partial charge in [0.25, 0.3) is 0 Å². The highest BCUT2D eigenvalue weighted by atomic mass is 16.4. The molecular weight excluding hydrogens is 232 g/mol. The van der Waals surface area contributed by atoms with Gasteiger partial charge < -0.3 is 14.9 Å². The van der Waals surface area contributed by atoms with Gasteiger partial charge in [0.15, 0.2) is 0 Å². The second-order valence-electron chi connectivity index (χ2n) is 5.02. The Balaban J connectivity index is 1.79. The van der Waals surface area contributed by atoms with E-state index in [0.29, 0.717) is 25.4 Å². The molecule has 2 rings (SSSR count). The van der Waals surface area contributed by atoms with Crippen LogP contribution in [-0.2, 0) is 4.79 Å². The second kappa shape index (κ2) is 5.89. The summed E-state index contributed by atoms with van der Waals surface area (Å²) < 4.78 is 0. The molecule has 1 unspecified atom stereocenters. The molecule has 5 heteroatoms. The fourth-order valence-electron chi connectivity index (χ4n) is 2.58. The standard InChI is InChI=1S/C13H20N2O3/c16-12(17)5-4-11-6-9-15(10-11)13(18)14-7-2-1-3-8-14/h1-2,11H,3-10H2,(H,16,17). The maximum absolute atomic E-state index is 12.2. The number of carboxylic acid groups (broad SMARTS) is 1. The molecule has 0 aromatic rings. The van der Waals surface area contributed by atoms with Crippen molar-refractivity contribution >= 4 is 12.0 Å². The number of hydrogen-bond acceptors (Lipinski definition) is 2. The molecular formula is C13H20N2O3. The zero-order valence-electron chi connectivity index (χ0n) is 10.5. The molecule has 1 N–H and O–H groups in total. The molecule has 0 aromatic heterocycles. The van der Waals surface area contributed by atoms with Crippen LogP contribution >= 0.6 is 0 Å². The molecule has 1 atom stereocenters. The molecule has 0 bridgehead atoms. The molecule has 0 aromatic carbocycles. The van der Waals surface area contributed by atoms with E-state index in [1.165, 1.54) is 0 Å². The molecule has 0 aliphatic carbocycles. The largest absolute Gasteiger partial charge is 0.481 e. The zero-order chi connectivity index (χ0) is 13.0. The van der Waals surface area contributed by atoms with Crippen molar-refractivity contribution in [2.24, 2.45) is 5.92 Å². The maximum Gasteiger partial charge on any atom is 0.320 e. The fourth-order valence-corrected chi connectivity index (χ4v) is 2.58. The van der Waals surface area contributed by atoms with Gasteiger partial charge >= 0.3 is 12.0 Å². The van der Waals surface area contributed by atoms with Crippen LogP contribution in [0, 0.1) is 5.92 Å². The summed E-state index contributed by atoms with van der Waals surface area (Å²) in [7, 11) is 0. The van der Waals surface area contributed by atoms with Crippen molar-refractivity contribution in [1.29, 1.82) is 0 Å². The molecule has 1 fully saturated rings. The number of urea groups is 1. The lowest BCUT2D eigenvalue weighted by molar-refractivity contribution is -0.137. The number of aliphatic carboxylic acids is 1. The van der Waals surface area contributed by atoms with E-state index in [2.05, 4.69) is 6.08 Å². The lowest BCUT2D eigenvalue weighted by Gasteiger charge is -2.28. The predicted molar refractivity (Wildman–Crippen MR) is 67.3 cm³/mol. The van der Waals surface area contributed by atoms with Crippen LogP contribution < -0.4 is 0 Å². The summed E-state index contributed by atoms with van der Waals surface area (Å²) in [5, 5.41) is 8.66. The number of carbonyl (C=O) groups excluding carboxylic acids is 1. The van der Waals surface area contributed by atoms with Gasteiger partial charge in [-0.1, -0.05) is 12.2 Å². The summed E-state index contributed by atoms with van der Waals surface area (Å²) in [6.45, 7) is 2.98. The predicted octanol–water partition coefficient (Wildman–Crippen LogP) is 1.56. The van der Waals surface area contributed by atoms with Crippen molar-refractivity contribution in [2.45, 2.75) is 25.7 Å². The van der Waals surface area contributed by atoms with Gasteiger partial charge in [-0.2, -0.15) is 0 Å². The van der Waals surface area contributed by atoms with Crippen LogP contribution in [0.2, 0.25) is 0 Å². The Labute approximate surface area is 107 Å². The van der Waals surface area contributed by atoms with Crippen LogP contribution in [0.5, 0.6) is 0 Å². The lowest BCUT2D eigenvalue weighted by atomic mass is 10.0. The zero-order valence-corrected chi connectivity index (χ0v) is 10.5. The number of carboxylic acids is 1. The van der Waals surface area contributed by atoms with E-state index in [4.69, 9.17) is 5.11 Å². The van der Waals surface area contributed by atoms with Gasteiger partial charge in [0, 0.05) is 32.6 Å². The summed E-state index contributed by atoms with van der Waals surface area (Å²) in [6.07, 6.45) is 6.88. The normalized spacial score (nSPS) is 23.4. The minimum absolute atomic E-state index is 0.108. The first-order chi connectivity index (χ1) is 8.66. The molecule has 100 valence electrons. The van der Waals surface area contributed by atoms with Crippen molar-refractivity contribution in [2.75, 3.05) is 26.2 Å². The minimum atomic E-state index is -0.749. The number of amides is 2. The number of carbonyl (C=O) groups is 2. The van der Waals surface area contributed by atoms with Crippen LogP contribution in [0.1, 0.15) is 25.7 Å². The van der Waals surface area contributed by atoms with Crippen LogP contribution in [0.25, 0.3) is 0 Å². The number of hydrogen-bond donors (Lipinski definition) is 1. The topological polar surface area (TPSA) is 60.9 Å². The Bertz CT molecular complexity index is 354. The van der Waals surface area contributed by atoms with E-state index < -0.39 is 5.97 Å². The second-order valence-corrected chi connectivity index (χ2v) is 5.02. The van der Waals surface area contributed by atoms with E-state index in [1.807, 2.05) is 15.9 Å². The van der Waals surface area contributed by atoms with Crippen LogP contribution in [0.3, 0.4) is 0 Å². The van der Waals surface area contributed by atoms with Gasteiger partial charge in [0.1, 0.15) is 0 Å². The Morgan fingerprint density at radius 3 is 2.72 bits per heavy atom. The van der Waals surface area contributed by atoms with Crippen LogP contribution in [0.4, 0.5) is 4.79 Å². The van der Waals surface area contributed by atoms with Crippen molar-refractivity contribution < 1.29 is 14.7 Å². The molecule has 0 radical (unpaired) electrons. The Hall–Kier alpha value is -1.52. The van der Waals surface area contributed by atoms with Crippen molar-refractivity contribution in [3.63, 3.8) is 0 Å². The molecule has 2 aliphatic heterocycles. The quantitative estimate of drug-likeness (QED) is 0.775. The summed E-state index contributed by atoms with van der Waals surface area (Å²) >= 11 is 0. The summed E-state index contributed by atoms with van der Waals surface area (Å²) in [6, 6.07) is 0.108. The summed E-state index contributed by atoms with van der Waals surface area (Å²) in [5.41, 5.74) is 0. The van der Waals surface area contributed by atoms with Crippen LogP contribution in [0.15, 0.2) is 12.2 Å². The van der Waals surface area contributed by atoms with E-state index >= 15 is 0 Å². The highest BCUT2D eigenvalue weighted by Gasteiger charge is 2.29. The molecule has 0 spiro atoms. The fraction of sp³-hybridized carbons (Fsp3) is 0.692. The smallest absolute Gasteiger partial charge is 0.320 e. The summed E-state index contributed by atoms with van der Waals surface area (Å²) in [4.78, 5) is 26.4. The Morgan fingerprint density at radius 1 is 1.22 bits per heavy atom. The lowest BCUT2D eigenvalue weighted by Crippen LogP contribution is -2.43. The number of nitrogens with zero attached hydrogens (tertiary/aromatic N) is 2. The Morgan fingerprint density at radius 2 is 2.06 bits per heavy atom. The van der Waals surface area contributed by atoms with Gasteiger partial charge in [-0.05, 0) is 25.2 Å². The van der Waals surface area contributed by atoms with E-state index in [0.717, 1.165) is 25.9 Å². The first kappa shape index (κ1) is 12.9.